The summed E-state index contributed by atoms with van der Waals surface area (Å²) in [6.45, 7) is 1.85. The molecule has 5 nitrogen and oxygen atoms in total. The molecule has 4 heterocycles. The van der Waals surface area contributed by atoms with Crippen molar-refractivity contribution in [1.29, 1.82) is 0 Å². The van der Waals surface area contributed by atoms with Gasteiger partial charge >= 0.3 is 20.1 Å². The van der Waals surface area contributed by atoms with Gasteiger partial charge in [0.15, 0.2) is 0 Å². The summed E-state index contributed by atoms with van der Waals surface area (Å²) in [4.78, 5) is 8.25. The Bertz CT molecular complexity index is 3280. The van der Waals surface area contributed by atoms with E-state index in [1.165, 1.54) is 47.2 Å². The van der Waals surface area contributed by atoms with Crippen LogP contribution in [0.1, 0.15) is 80.8 Å². The molecule has 0 fully saturated rings. The van der Waals surface area contributed by atoms with Crippen LogP contribution in [-0.2, 0) is 30.9 Å². The van der Waals surface area contributed by atoms with Gasteiger partial charge in [-0.25, -0.2) is 4.98 Å². The fraction of sp³-hybridized carbons (Fsp3) is 0.212. The summed E-state index contributed by atoms with van der Waals surface area (Å²) in [6.07, 6.45) is 7.09. The second-order valence-electron chi connectivity index (χ2n) is 15.9. The molecule has 0 atom stereocenters. The Morgan fingerprint density at radius 3 is 2.33 bits per heavy atom. The van der Waals surface area contributed by atoms with Crippen molar-refractivity contribution in [3.8, 4) is 33.8 Å². The Morgan fingerprint density at radius 2 is 1.55 bits per heavy atom. The first kappa shape index (κ1) is 29.5. The van der Waals surface area contributed by atoms with Gasteiger partial charge in [-0.15, -0.1) is 18.2 Å². The van der Waals surface area contributed by atoms with Crippen LogP contribution in [0.4, 0.5) is 0 Å². The molecule has 1 aliphatic carbocycles. The molecular weight excluding hydrogens is 889 g/mol. The third-order valence-corrected chi connectivity index (χ3v) is 11.2. The normalized spacial score (nSPS) is 17.1. The Balaban J connectivity index is 0.000000180. The minimum atomic E-state index is -2.67. The molecule has 0 aliphatic heterocycles. The van der Waals surface area contributed by atoms with Gasteiger partial charge in [-0.3, -0.25) is 4.57 Å². The molecule has 4 aromatic heterocycles. The van der Waals surface area contributed by atoms with E-state index in [9.17, 15) is 0 Å². The number of rotatable bonds is 4. The monoisotopic (exact) mass is 944 g/mol. The maximum absolute atomic E-state index is 7.74. The number of hydrogen-bond donors (Lipinski definition) is 0. The van der Waals surface area contributed by atoms with Gasteiger partial charge in [0.05, 0.1) is 22.3 Å². The standard InChI is InChI=1S/C33H31N2.C19H15N2O.Ir/c1-32(2)20-21-33(3,4)29-22-24(18-19-28(29)32)27-16-11-17-30-31(27)35(26-14-9-6-10-15-26)23-34(30)25-12-7-5-8-13-25;1-11-9-17(20-10-12(11)2)16-6-4-5-14-15-8-7-13(3)21-19(15)22-18(14)16;/h5-12,14-19,22H,20-21H2,1-4H3;4-5,7-10H,1-3H3;/q2*-1;+3/i;1D3,2D3,3D3;. The number of imidazole rings is 1. The molecule has 0 saturated carbocycles. The number of pyridine rings is 2. The second-order valence-corrected chi connectivity index (χ2v) is 15.9. The number of aromatic nitrogens is 4. The van der Waals surface area contributed by atoms with Crippen LogP contribution in [-0.4, -0.2) is 14.5 Å². The van der Waals surface area contributed by atoms with Crippen LogP contribution in [0.3, 0.4) is 0 Å². The number of hydrogen-bond acceptors (Lipinski definition) is 3. The molecule has 288 valence electrons. The van der Waals surface area contributed by atoms with Crippen molar-refractivity contribution >= 4 is 33.1 Å². The van der Waals surface area contributed by atoms with E-state index >= 15 is 0 Å². The van der Waals surface area contributed by atoms with E-state index in [4.69, 9.17) is 16.8 Å². The van der Waals surface area contributed by atoms with Crippen molar-refractivity contribution in [2.45, 2.75) is 71.9 Å². The zero-order valence-electron chi connectivity index (χ0n) is 41.6. The van der Waals surface area contributed by atoms with Crippen molar-refractivity contribution in [3.63, 3.8) is 0 Å². The van der Waals surface area contributed by atoms with E-state index in [0.29, 0.717) is 21.9 Å². The minimum absolute atomic E-state index is 0. The quantitative estimate of drug-likeness (QED) is 0.130. The first-order valence-corrected chi connectivity index (χ1v) is 19.0. The molecular formula is C52H46IrN4O+. The largest absolute Gasteiger partial charge is 3.00 e. The number of fused-ring (bicyclic) bond motifs is 5. The maximum Gasteiger partial charge on any atom is 3.00 e. The predicted molar refractivity (Wildman–Crippen MR) is 231 cm³/mol. The van der Waals surface area contributed by atoms with Crippen molar-refractivity contribution in [1.82, 2.24) is 14.5 Å². The molecule has 0 N–H and O–H groups in total. The average Bonchev–Trinajstić information content (AvgIpc) is 3.87. The molecule has 10 rings (SSSR count). The molecule has 0 unspecified atom stereocenters. The summed E-state index contributed by atoms with van der Waals surface area (Å²) < 4.78 is 78.8. The van der Waals surface area contributed by atoms with E-state index < -0.39 is 20.6 Å². The Kier molecular flexibility index (Phi) is 7.76. The Morgan fingerprint density at radius 1 is 0.741 bits per heavy atom. The number of aryl methyl sites for hydroxylation is 3. The number of nitrogens with zero attached hydrogens (tertiary/aromatic N) is 4. The van der Waals surface area contributed by atoms with Crippen molar-refractivity contribution in [2.75, 3.05) is 0 Å². The fourth-order valence-electron chi connectivity index (χ4n) is 8.01. The summed E-state index contributed by atoms with van der Waals surface area (Å²) in [7, 11) is 0. The van der Waals surface area contributed by atoms with Gasteiger partial charge in [0.2, 0.25) is 5.71 Å². The minimum Gasteiger partial charge on any atom is -0.486 e. The van der Waals surface area contributed by atoms with Crippen LogP contribution >= 0.6 is 0 Å². The van der Waals surface area contributed by atoms with Gasteiger partial charge in [-0.2, -0.15) is 30.3 Å². The molecule has 0 bridgehead atoms. The average molecular weight is 944 g/mol. The third-order valence-electron chi connectivity index (χ3n) is 11.2. The van der Waals surface area contributed by atoms with Crippen LogP contribution < -0.4 is 4.57 Å². The van der Waals surface area contributed by atoms with Gasteiger partial charge in [0.1, 0.15) is 0 Å². The molecule has 0 amide bonds. The number of benzene rings is 5. The first-order valence-electron chi connectivity index (χ1n) is 23.5. The van der Waals surface area contributed by atoms with Gasteiger partial charge in [-0.1, -0.05) is 105 Å². The maximum atomic E-state index is 7.74. The van der Waals surface area contributed by atoms with Gasteiger partial charge in [-0.05, 0) is 108 Å². The molecule has 0 radical (unpaired) electrons. The van der Waals surface area contributed by atoms with E-state index in [0.717, 1.165) is 28.6 Å². The summed E-state index contributed by atoms with van der Waals surface area (Å²) in [5.41, 5.74) is 10.3. The van der Waals surface area contributed by atoms with Crippen molar-refractivity contribution in [2.24, 2.45) is 0 Å². The Hall–Kier alpha value is -5.68. The van der Waals surface area contributed by atoms with Gasteiger partial charge in [0, 0.05) is 29.6 Å². The number of furan rings is 1. The summed E-state index contributed by atoms with van der Waals surface area (Å²) in [5, 5.41) is 1.19. The van der Waals surface area contributed by atoms with Gasteiger partial charge < -0.3 is 14.0 Å². The zero-order chi connectivity index (χ0) is 47.0. The summed E-state index contributed by atoms with van der Waals surface area (Å²) >= 11 is 0. The molecule has 5 aromatic carbocycles. The van der Waals surface area contributed by atoms with Crippen LogP contribution in [0.15, 0.2) is 132 Å². The molecule has 0 spiro atoms. The number of para-hydroxylation sites is 3. The topological polar surface area (TPSA) is 47.7 Å². The van der Waals surface area contributed by atoms with E-state index in [1.54, 1.807) is 18.2 Å². The fourth-order valence-corrected chi connectivity index (χ4v) is 8.01. The summed E-state index contributed by atoms with van der Waals surface area (Å²) in [6, 6.07) is 46.2. The van der Waals surface area contributed by atoms with Crippen LogP contribution in [0, 0.1) is 39.0 Å². The summed E-state index contributed by atoms with van der Waals surface area (Å²) in [5.74, 6) is 0. The van der Waals surface area contributed by atoms with Crippen LogP contribution in [0.5, 0.6) is 0 Å². The molecule has 0 saturated heterocycles. The van der Waals surface area contributed by atoms with Crippen molar-refractivity contribution in [3.05, 3.63) is 174 Å². The molecule has 6 heteroatoms. The SMILES string of the molecule is CC1(C)CCC(C)(C)c2cc(-c3cccc4c3[n+](-c3ccccc3)[c-]n4-c3[c-]cccc3)ccc21.[2H]C([2H])([2H])c1ccc2c(n1)oc1c(-c3cc(C([2H])([2H])[2H])c(C([2H])([2H])[2H])cn3)[c-]ccc12.[Ir+3]. The first-order chi connectivity index (χ1) is 31.1. The van der Waals surface area contributed by atoms with Crippen LogP contribution in [0.2, 0.25) is 0 Å². The van der Waals surface area contributed by atoms with Crippen LogP contribution in [0.25, 0.3) is 66.9 Å². The zero-order valence-corrected chi connectivity index (χ0v) is 35.0. The molecule has 9 aromatic rings. The molecule has 1 aliphatic rings. The van der Waals surface area contributed by atoms with E-state index in [1.807, 2.05) is 12.1 Å². The molecule has 58 heavy (non-hydrogen) atoms. The van der Waals surface area contributed by atoms with Gasteiger partial charge in [0.25, 0.3) is 6.33 Å². The smallest absolute Gasteiger partial charge is 0.486 e. The van der Waals surface area contributed by atoms with E-state index in [-0.39, 0.29) is 59.2 Å². The predicted octanol–water partition coefficient (Wildman–Crippen LogP) is 12.3. The third kappa shape index (κ3) is 6.99. The van der Waals surface area contributed by atoms with E-state index in [2.05, 4.69) is 144 Å². The Labute approximate surface area is 367 Å². The second kappa shape index (κ2) is 15.2. The van der Waals surface area contributed by atoms with Crippen molar-refractivity contribution < 1.29 is 41.4 Å².